The second-order valence-corrected chi connectivity index (χ2v) is 3.55. The standard InChI is InChI=1S/C11H13NO3/c12-11(13)5-8-1-3-9(4-2-8)14-6-10-7-15-10/h1-4,10H,5-7H2,(H2,12,13)/t10-/m0/s1. The van der Waals surface area contributed by atoms with Gasteiger partial charge in [0.1, 0.15) is 18.5 Å². The minimum absolute atomic E-state index is 0.260. The van der Waals surface area contributed by atoms with Gasteiger partial charge in [0, 0.05) is 0 Å². The van der Waals surface area contributed by atoms with E-state index in [9.17, 15) is 4.79 Å². The van der Waals surface area contributed by atoms with Crippen molar-refractivity contribution in [1.82, 2.24) is 0 Å². The largest absolute Gasteiger partial charge is 0.491 e. The molecule has 1 aliphatic heterocycles. The molecule has 0 saturated carbocycles. The van der Waals surface area contributed by atoms with Crippen LogP contribution >= 0.6 is 0 Å². The van der Waals surface area contributed by atoms with Gasteiger partial charge in [0.25, 0.3) is 0 Å². The van der Waals surface area contributed by atoms with Gasteiger partial charge in [-0.15, -0.1) is 0 Å². The predicted octanol–water partition coefficient (Wildman–Crippen LogP) is 0.492. The van der Waals surface area contributed by atoms with E-state index in [1.165, 1.54) is 0 Å². The molecule has 1 aromatic rings. The van der Waals surface area contributed by atoms with Crippen LogP contribution in [0.3, 0.4) is 0 Å². The molecule has 1 atom stereocenters. The number of carbonyl (C=O) groups excluding carboxylic acids is 1. The van der Waals surface area contributed by atoms with Crippen LogP contribution in [-0.4, -0.2) is 25.2 Å². The van der Waals surface area contributed by atoms with Crippen molar-refractivity contribution in [3.05, 3.63) is 29.8 Å². The van der Waals surface area contributed by atoms with Gasteiger partial charge in [-0.1, -0.05) is 12.1 Å². The van der Waals surface area contributed by atoms with Crippen LogP contribution in [-0.2, 0) is 16.0 Å². The monoisotopic (exact) mass is 207 g/mol. The molecular formula is C11H13NO3. The average Bonchev–Trinajstić information content (AvgIpc) is 2.99. The molecule has 1 saturated heterocycles. The lowest BCUT2D eigenvalue weighted by Crippen LogP contribution is -2.13. The van der Waals surface area contributed by atoms with E-state index in [-0.39, 0.29) is 18.4 Å². The first-order valence-corrected chi connectivity index (χ1v) is 4.85. The molecule has 1 aliphatic rings. The van der Waals surface area contributed by atoms with Gasteiger partial charge in [-0.3, -0.25) is 4.79 Å². The number of hydrogen-bond acceptors (Lipinski definition) is 3. The second kappa shape index (κ2) is 4.31. The molecule has 2 rings (SSSR count). The lowest BCUT2D eigenvalue weighted by atomic mass is 10.1. The fraction of sp³-hybridized carbons (Fsp3) is 0.364. The predicted molar refractivity (Wildman–Crippen MR) is 54.6 cm³/mol. The molecule has 1 fully saturated rings. The van der Waals surface area contributed by atoms with Gasteiger partial charge < -0.3 is 15.2 Å². The number of benzene rings is 1. The SMILES string of the molecule is NC(=O)Cc1ccc(OC[C@H]2CO2)cc1. The molecule has 0 aromatic heterocycles. The summed E-state index contributed by atoms with van der Waals surface area (Å²) in [6.45, 7) is 1.38. The molecule has 0 aliphatic carbocycles. The van der Waals surface area contributed by atoms with Gasteiger partial charge in [0.05, 0.1) is 13.0 Å². The Labute approximate surface area is 88.0 Å². The first-order chi connectivity index (χ1) is 7.24. The van der Waals surface area contributed by atoms with Crippen molar-refractivity contribution in [2.24, 2.45) is 5.73 Å². The van der Waals surface area contributed by atoms with E-state index in [0.717, 1.165) is 17.9 Å². The van der Waals surface area contributed by atoms with E-state index in [2.05, 4.69) is 0 Å². The maximum atomic E-state index is 10.7. The van der Waals surface area contributed by atoms with Crippen LogP contribution in [0.5, 0.6) is 5.75 Å². The molecular weight excluding hydrogens is 194 g/mol. The summed E-state index contributed by atoms with van der Waals surface area (Å²) in [5.41, 5.74) is 5.98. The van der Waals surface area contributed by atoms with Gasteiger partial charge in [-0.25, -0.2) is 0 Å². The maximum Gasteiger partial charge on any atom is 0.221 e. The Morgan fingerprint density at radius 3 is 2.67 bits per heavy atom. The smallest absolute Gasteiger partial charge is 0.221 e. The highest BCUT2D eigenvalue weighted by molar-refractivity contribution is 5.76. The Bertz CT molecular complexity index is 343. The minimum Gasteiger partial charge on any atom is -0.491 e. The van der Waals surface area contributed by atoms with Crippen LogP contribution < -0.4 is 10.5 Å². The summed E-state index contributed by atoms with van der Waals surface area (Å²) in [7, 11) is 0. The van der Waals surface area contributed by atoms with Gasteiger partial charge >= 0.3 is 0 Å². The lowest BCUT2D eigenvalue weighted by Gasteiger charge is -2.04. The summed E-state index contributed by atoms with van der Waals surface area (Å²) in [5, 5.41) is 0. The second-order valence-electron chi connectivity index (χ2n) is 3.55. The highest BCUT2D eigenvalue weighted by atomic mass is 16.6. The summed E-state index contributed by atoms with van der Waals surface area (Å²) in [6.07, 6.45) is 0.529. The molecule has 2 N–H and O–H groups in total. The molecule has 0 spiro atoms. The summed E-state index contributed by atoms with van der Waals surface area (Å²) in [4.78, 5) is 10.7. The molecule has 1 aromatic carbocycles. The molecule has 15 heavy (non-hydrogen) atoms. The Morgan fingerprint density at radius 2 is 2.13 bits per heavy atom. The van der Waals surface area contributed by atoms with E-state index in [0.29, 0.717) is 6.61 Å². The zero-order valence-corrected chi connectivity index (χ0v) is 8.31. The zero-order chi connectivity index (χ0) is 10.7. The van der Waals surface area contributed by atoms with Crippen molar-refractivity contribution in [1.29, 1.82) is 0 Å². The molecule has 0 radical (unpaired) electrons. The molecule has 0 unspecified atom stereocenters. The Morgan fingerprint density at radius 1 is 1.47 bits per heavy atom. The first kappa shape index (κ1) is 9.98. The third-order valence-corrected chi connectivity index (χ3v) is 2.14. The minimum atomic E-state index is -0.324. The van der Waals surface area contributed by atoms with Crippen LogP contribution in [0.1, 0.15) is 5.56 Å². The van der Waals surface area contributed by atoms with Gasteiger partial charge in [0.15, 0.2) is 0 Å². The number of ether oxygens (including phenoxy) is 2. The van der Waals surface area contributed by atoms with Gasteiger partial charge in [-0.2, -0.15) is 0 Å². The summed E-state index contributed by atoms with van der Waals surface area (Å²) in [5.74, 6) is 0.466. The van der Waals surface area contributed by atoms with Crippen LogP contribution in [0, 0.1) is 0 Å². The van der Waals surface area contributed by atoms with Crippen molar-refractivity contribution < 1.29 is 14.3 Å². The molecule has 0 bridgehead atoms. The van der Waals surface area contributed by atoms with E-state index in [4.69, 9.17) is 15.2 Å². The quantitative estimate of drug-likeness (QED) is 0.715. The van der Waals surface area contributed by atoms with Gasteiger partial charge in [0.2, 0.25) is 5.91 Å². The summed E-state index contributed by atoms with van der Waals surface area (Å²) < 4.78 is 10.5. The molecule has 4 nitrogen and oxygen atoms in total. The number of rotatable bonds is 5. The Balaban J connectivity index is 1.87. The van der Waals surface area contributed by atoms with E-state index in [1.54, 1.807) is 0 Å². The van der Waals surface area contributed by atoms with Crippen molar-refractivity contribution in [2.45, 2.75) is 12.5 Å². The number of epoxide rings is 1. The third-order valence-electron chi connectivity index (χ3n) is 2.14. The van der Waals surface area contributed by atoms with Crippen molar-refractivity contribution in [3.8, 4) is 5.75 Å². The number of carbonyl (C=O) groups is 1. The molecule has 1 amide bonds. The fourth-order valence-corrected chi connectivity index (χ4v) is 1.26. The maximum absolute atomic E-state index is 10.7. The number of nitrogens with two attached hydrogens (primary N) is 1. The normalized spacial score (nSPS) is 18.5. The fourth-order valence-electron chi connectivity index (χ4n) is 1.26. The zero-order valence-electron chi connectivity index (χ0n) is 8.31. The highest BCUT2D eigenvalue weighted by Gasteiger charge is 2.22. The van der Waals surface area contributed by atoms with Gasteiger partial charge in [-0.05, 0) is 17.7 Å². The van der Waals surface area contributed by atoms with E-state index >= 15 is 0 Å². The number of hydrogen-bond donors (Lipinski definition) is 1. The van der Waals surface area contributed by atoms with Crippen LogP contribution in [0.15, 0.2) is 24.3 Å². The van der Waals surface area contributed by atoms with Crippen LogP contribution in [0.25, 0.3) is 0 Å². The van der Waals surface area contributed by atoms with E-state index < -0.39 is 0 Å². The topological polar surface area (TPSA) is 64.9 Å². The number of amides is 1. The Kier molecular flexibility index (Phi) is 2.87. The lowest BCUT2D eigenvalue weighted by molar-refractivity contribution is -0.117. The first-order valence-electron chi connectivity index (χ1n) is 4.85. The Hall–Kier alpha value is -1.55. The average molecular weight is 207 g/mol. The molecule has 4 heteroatoms. The third kappa shape index (κ3) is 3.25. The van der Waals surface area contributed by atoms with Crippen LogP contribution in [0.2, 0.25) is 0 Å². The summed E-state index contributed by atoms with van der Waals surface area (Å²) in [6, 6.07) is 7.35. The van der Waals surface area contributed by atoms with Crippen molar-refractivity contribution >= 4 is 5.91 Å². The summed E-state index contributed by atoms with van der Waals surface area (Å²) >= 11 is 0. The molecule has 1 heterocycles. The number of primary amides is 1. The molecule has 80 valence electrons. The van der Waals surface area contributed by atoms with Crippen molar-refractivity contribution in [3.63, 3.8) is 0 Å². The highest BCUT2D eigenvalue weighted by Crippen LogP contribution is 2.15. The van der Waals surface area contributed by atoms with Crippen LogP contribution in [0.4, 0.5) is 0 Å². The van der Waals surface area contributed by atoms with E-state index in [1.807, 2.05) is 24.3 Å². The van der Waals surface area contributed by atoms with Crippen molar-refractivity contribution in [2.75, 3.05) is 13.2 Å².